The summed E-state index contributed by atoms with van der Waals surface area (Å²) in [5.41, 5.74) is 4.63. The second-order valence-corrected chi connectivity index (χ2v) is 3.14. The zero-order valence-electron chi connectivity index (χ0n) is 6.65. The maximum absolute atomic E-state index is 7.60. The molecule has 2 heteroatoms. The zero-order valence-corrected chi connectivity index (χ0v) is 6.65. The molecular weight excluding hydrogens is 133 g/mol. The maximum atomic E-state index is 7.60. The van der Waals surface area contributed by atoms with Gasteiger partial charge in [-0.2, -0.15) is 0 Å². The fraction of sp³-hybridized carbons (Fsp3) is 0.222. The highest BCUT2D eigenvalue weighted by Crippen LogP contribution is 2.19. The van der Waals surface area contributed by atoms with Crippen LogP contribution < -0.4 is 5.46 Å². The Hall–Kier alpha value is -1.05. The SMILES string of the molecule is Bc1ccc2c(c1)CCC2=N. The number of hydrogen-bond acceptors (Lipinski definition) is 1. The summed E-state index contributed by atoms with van der Waals surface area (Å²) in [7, 11) is 2.10. The molecule has 1 aromatic rings. The lowest BCUT2D eigenvalue weighted by atomic mass is 9.93. The molecule has 0 radical (unpaired) electrons. The van der Waals surface area contributed by atoms with Gasteiger partial charge in [0.05, 0.1) is 0 Å². The van der Waals surface area contributed by atoms with Gasteiger partial charge in [-0.1, -0.05) is 23.7 Å². The van der Waals surface area contributed by atoms with Gasteiger partial charge in [0.2, 0.25) is 0 Å². The molecule has 0 spiro atoms. The Kier molecular flexibility index (Phi) is 1.35. The van der Waals surface area contributed by atoms with E-state index in [0.29, 0.717) is 0 Å². The summed E-state index contributed by atoms with van der Waals surface area (Å²) in [6, 6.07) is 6.34. The number of hydrogen-bond donors (Lipinski definition) is 1. The monoisotopic (exact) mass is 143 g/mol. The second-order valence-electron chi connectivity index (χ2n) is 3.14. The Morgan fingerprint density at radius 1 is 1.27 bits per heavy atom. The van der Waals surface area contributed by atoms with Gasteiger partial charge < -0.3 is 5.41 Å². The molecule has 1 aliphatic rings. The van der Waals surface area contributed by atoms with Crippen LogP contribution in [0.4, 0.5) is 0 Å². The average molecular weight is 143 g/mol. The van der Waals surface area contributed by atoms with Crippen molar-refractivity contribution in [3.05, 3.63) is 29.3 Å². The van der Waals surface area contributed by atoms with E-state index in [0.717, 1.165) is 24.1 Å². The normalized spacial score (nSPS) is 15.1. The van der Waals surface area contributed by atoms with Crippen molar-refractivity contribution in [3.8, 4) is 0 Å². The number of aryl methyl sites for hydroxylation is 1. The highest BCUT2D eigenvalue weighted by Gasteiger charge is 2.14. The molecule has 2 rings (SSSR count). The molecule has 1 aromatic carbocycles. The first kappa shape index (κ1) is 6.65. The molecule has 0 atom stereocenters. The first-order chi connectivity index (χ1) is 5.27. The van der Waals surface area contributed by atoms with E-state index in [1.54, 1.807) is 0 Å². The first-order valence-electron chi connectivity index (χ1n) is 3.95. The van der Waals surface area contributed by atoms with E-state index in [-0.39, 0.29) is 0 Å². The van der Waals surface area contributed by atoms with E-state index in [9.17, 15) is 0 Å². The summed E-state index contributed by atoms with van der Waals surface area (Å²) in [6.45, 7) is 0. The minimum Gasteiger partial charge on any atom is -0.305 e. The molecule has 0 heterocycles. The topological polar surface area (TPSA) is 23.9 Å². The van der Waals surface area contributed by atoms with Crippen molar-refractivity contribution in [2.24, 2.45) is 0 Å². The molecule has 54 valence electrons. The summed E-state index contributed by atoms with van der Waals surface area (Å²) < 4.78 is 0. The van der Waals surface area contributed by atoms with Gasteiger partial charge in [0.1, 0.15) is 7.85 Å². The Balaban J connectivity index is 2.59. The molecule has 0 saturated carbocycles. The van der Waals surface area contributed by atoms with Gasteiger partial charge in [-0.3, -0.25) is 0 Å². The fourth-order valence-corrected chi connectivity index (χ4v) is 1.62. The van der Waals surface area contributed by atoms with Crippen LogP contribution in [0, 0.1) is 5.41 Å². The molecule has 0 saturated heterocycles. The van der Waals surface area contributed by atoms with Crippen LogP contribution in [-0.2, 0) is 6.42 Å². The van der Waals surface area contributed by atoms with Gasteiger partial charge in [-0.05, 0) is 24.0 Å². The van der Waals surface area contributed by atoms with E-state index in [2.05, 4.69) is 26.0 Å². The van der Waals surface area contributed by atoms with Crippen LogP contribution in [0.15, 0.2) is 18.2 Å². The molecule has 11 heavy (non-hydrogen) atoms. The van der Waals surface area contributed by atoms with Crippen molar-refractivity contribution >= 4 is 19.0 Å². The second kappa shape index (κ2) is 2.23. The standard InChI is InChI=1S/C9H10BN/c10-7-2-3-8-6(5-7)1-4-9(8)11/h2-3,5,11H,1,4,10H2. The Bertz CT molecular complexity index is 317. The van der Waals surface area contributed by atoms with E-state index in [4.69, 9.17) is 5.41 Å². The lowest BCUT2D eigenvalue weighted by Gasteiger charge is -1.98. The van der Waals surface area contributed by atoms with Crippen LogP contribution >= 0.6 is 0 Å². The van der Waals surface area contributed by atoms with Crippen LogP contribution in [0.3, 0.4) is 0 Å². The van der Waals surface area contributed by atoms with Gasteiger partial charge in [-0.15, -0.1) is 0 Å². The number of fused-ring (bicyclic) bond motifs is 1. The third-order valence-electron chi connectivity index (χ3n) is 2.23. The van der Waals surface area contributed by atoms with Crippen molar-refractivity contribution in [1.82, 2.24) is 0 Å². The largest absolute Gasteiger partial charge is 0.305 e. The van der Waals surface area contributed by atoms with Crippen molar-refractivity contribution in [2.75, 3.05) is 0 Å². The minimum absolute atomic E-state index is 0.806. The fourth-order valence-electron chi connectivity index (χ4n) is 1.62. The highest BCUT2D eigenvalue weighted by molar-refractivity contribution is 6.32. The molecule has 1 nitrogen and oxygen atoms in total. The lowest BCUT2D eigenvalue weighted by molar-refractivity contribution is 1.09. The summed E-state index contributed by atoms with van der Waals surface area (Å²) in [5.74, 6) is 0. The predicted molar refractivity (Wildman–Crippen MR) is 49.8 cm³/mol. The van der Waals surface area contributed by atoms with Crippen molar-refractivity contribution < 1.29 is 0 Å². The Morgan fingerprint density at radius 2 is 2.09 bits per heavy atom. The molecular formula is C9H10BN. The number of benzene rings is 1. The predicted octanol–water partition coefficient (Wildman–Crippen LogP) is 0.259. The average Bonchev–Trinajstić information content (AvgIpc) is 2.32. The van der Waals surface area contributed by atoms with Crippen molar-refractivity contribution in [3.63, 3.8) is 0 Å². The van der Waals surface area contributed by atoms with Crippen LogP contribution in [0.5, 0.6) is 0 Å². The van der Waals surface area contributed by atoms with Crippen molar-refractivity contribution in [2.45, 2.75) is 12.8 Å². The number of nitrogens with one attached hydrogen (secondary N) is 1. The van der Waals surface area contributed by atoms with E-state index < -0.39 is 0 Å². The van der Waals surface area contributed by atoms with Crippen molar-refractivity contribution in [1.29, 1.82) is 5.41 Å². The smallest absolute Gasteiger partial charge is 0.139 e. The van der Waals surface area contributed by atoms with Gasteiger partial charge in [-0.25, -0.2) is 0 Å². The zero-order chi connectivity index (χ0) is 7.84. The van der Waals surface area contributed by atoms with Crippen LogP contribution in [0.1, 0.15) is 17.5 Å². The first-order valence-corrected chi connectivity index (χ1v) is 3.95. The van der Waals surface area contributed by atoms with E-state index in [1.165, 1.54) is 11.0 Å². The van der Waals surface area contributed by atoms with Gasteiger partial charge in [0, 0.05) is 5.71 Å². The molecule has 0 aliphatic heterocycles. The minimum atomic E-state index is 0.806. The molecule has 0 aromatic heterocycles. The lowest BCUT2D eigenvalue weighted by Crippen LogP contribution is -2.03. The van der Waals surface area contributed by atoms with Crippen LogP contribution in [0.25, 0.3) is 0 Å². The van der Waals surface area contributed by atoms with Crippen LogP contribution in [-0.4, -0.2) is 13.6 Å². The highest BCUT2D eigenvalue weighted by atomic mass is 14.4. The van der Waals surface area contributed by atoms with E-state index in [1.807, 2.05) is 0 Å². The quantitative estimate of drug-likeness (QED) is 0.503. The summed E-state index contributed by atoms with van der Waals surface area (Å²) in [4.78, 5) is 0. The summed E-state index contributed by atoms with van der Waals surface area (Å²) >= 11 is 0. The molecule has 1 N–H and O–H groups in total. The summed E-state index contributed by atoms with van der Waals surface area (Å²) in [5, 5.41) is 7.60. The van der Waals surface area contributed by atoms with Crippen LogP contribution in [0.2, 0.25) is 0 Å². The van der Waals surface area contributed by atoms with Gasteiger partial charge >= 0.3 is 0 Å². The molecule has 1 aliphatic carbocycles. The van der Waals surface area contributed by atoms with E-state index >= 15 is 0 Å². The molecule has 0 amide bonds. The number of rotatable bonds is 0. The Morgan fingerprint density at radius 3 is 2.91 bits per heavy atom. The maximum Gasteiger partial charge on any atom is 0.139 e. The molecule has 0 bridgehead atoms. The third-order valence-corrected chi connectivity index (χ3v) is 2.23. The Labute approximate surface area is 67.4 Å². The van der Waals surface area contributed by atoms with Gasteiger partial charge in [0.15, 0.2) is 0 Å². The van der Waals surface area contributed by atoms with Gasteiger partial charge in [0.25, 0.3) is 0 Å². The summed E-state index contributed by atoms with van der Waals surface area (Å²) in [6.07, 6.45) is 1.99. The third kappa shape index (κ3) is 0.986. The molecule has 0 fully saturated rings. The molecule has 0 unspecified atom stereocenters.